The molecule has 1 unspecified atom stereocenters. The van der Waals surface area contributed by atoms with Gasteiger partial charge in [0.2, 0.25) is 5.95 Å². The first-order valence-electron chi connectivity index (χ1n) is 9.98. The van der Waals surface area contributed by atoms with Crippen LogP contribution in [0.25, 0.3) is 0 Å². The number of ether oxygens (including phenoxy) is 1. The van der Waals surface area contributed by atoms with Crippen LogP contribution in [0.3, 0.4) is 0 Å². The zero-order valence-corrected chi connectivity index (χ0v) is 18.8. The van der Waals surface area contributed by atoms with Crippen LogP contribution in [0, 0.1) is 6.92 Å². The summed E-state index contributed by atoms with van der Waals surface area (Å²) < 4.78 is 32.7. The number of hydrogen-bond donors (Lipinski definition) is 3. The lowest BCUT2D eigenvalue weighted by atomic mass is 10.2. The Kier molecular flexibility index (Phi) is 7.23. The van der Waals surface area contributed by atoms with Gasteiger partial charge in [0.1, 0.15) is 0 Å². The molecular weight excluding hydrogens is 446 g/mol. The van der Waals surface area contributed by atoms with Gasteiger partial charge in [-0.15, -0.1) is 0 Å². The number of nitrogens with one attached hydrogen (secondary N) is 2. The number of nitrogen functional groups attached to an aromatic ring is 1. The smallest absolute Gasteiger partial charge is 0.338 e. The fourth-order valence-electron chi connectivity index (χ4n) is 2.80. The van der Waals surface area contributed by atoms with Crippen LogP contribution in [0.1, 0.15) is 29.4 Å². The number of carbonyl (C=O) groups is 2. The Morgan fingerprint density at radius 3 is 2.48 bits per heavy atom. The minimum absolute atomic E-state index is 0.0364. The van der Waals surface area contributed by atoms with E-state index >= 15 is 0 Å². The number of aromatic nitrogens is 2. The molecule has 33 heavy (non-hydrogen) atoms. The average Bonchev–Trinajstić information content (AvgIpc) is 2.77. The first-order chi connectivity index (χ1) is 15.7. The van der Waals surface area contributed by atoms with Gasteiger partial charge in [0, 0.05) is 23.3 Å². The summed E-state index contributed by atoms with van der Waals surface area (Å²) in [6.07, 6.45) is 0.650. The van der Waals surface area contributed by atoms with Crippen molar-refractivity contribution in [1.82, 2.24) is 9.97 Å². The molecule has 1 atom stereocenters. The molecule has 0 aliphatic rings. The highest BCUT2D eigenvalue weighted by molar-refractivity contribution is 7.92. The van der Waals surface area contributed by atoms with Crippen molar-refractivity contribution in [3.63, 3.8) is 0 Å². The summed E-state index contributed by atoms with van der Waals surface area (Å²) in [5, 5.41) is 2.62. The summed E-state index contributed by atoms with van der Waals surface area (Å²) in [4.78, 5) is 32.7. The summed E-state index contributed by atoms with van der Waals surface area (Å²) in [7, 11) is -3.91. The second-order valence-electron chi connectivity index (χ2n) is 7.07. The first kappa shape index (κ1) is 23.7. The van der Waals surface area contributed by atoms with Crippen LogP contribution in [-0.4, -0.2) is 36.4 Å². The highest BCUT2D eigenvalue weighted by atomic mass is 32.2. The normalized spacial score (nSPS) is 11.9. The van der Waals surface area contributed by atoms with E-state index in [9.17, 15) is 18.0 Å². The summed E-state index contributed by atoms with van der Waals surface area (Å²) in [5.41, 5.74) is 7.26. The van der Waals surface area contributed by atoms with E-state index in [-0.39, 0.29) is 22.8 Å². The average molecular weight is 470 g/mol. The summed E-state index contributed by atoms with van der Waals surface area (Å²) in [6.45, 7) is 3.42. The van der Waals surface area contributed by atoms with Crippen molar-refractivity contribution in [2.24, 2.45) is 0 Å². The number of amides is 1. The Morgan fingerprint density at radius 1 is 1.12 bits per heavy atom. The molecule has 0 bridgehead atoms. The standard InChI is InChI=1S/C22H23N5O5S/c1-3-19(32-21(29)15-5-4-6-16(23)13-15)20(28)26-17-7-9-18(10-8-17)33(30,31)27-22-24-12-11-14(2)25-22/h4-13,19H,3,23H2,1-2H3,(H,26,28)(H,24,25,27). The lowest BCUT2D eigenvalue weighted by Crippen LogP contribution is -2.32. The van der Waals surface area contributed by atoms with Crippen LogP contribution in [0.5, 0.6) is 0 Å². The first-order valence-corrected chi connectivity index (χ1v) is 11.5. The number of anilines is 3. The number of hydrogen-bond acceptors (Lipinski definition) is 8. The number of esters is 1. The van der Waals surface area contributed by atoms with Crippen LogP contribution >= 0.6 is 0 Å². The summed E-state index contributed by atoms with van der Waals surface area (Å²) in [6, 6.07) is 13.4. The van der Waals surface area contributed by atoms with E-state index in [1.165, 1.54) is 42.6 Å². The van der Waals surface area contributed by atoms with E-state index in [4.69, 9.17) is 10.5 Å². The number of aryl methyl sites for hydroxylation is 1. The van der Waals surface area contributed by atoms with Gasteiger partial charge in [-0.1, -0.05) is 13.0 Å². The molecule has 3 aromatic rings. The zero-order chi connectivity index (χ0) is 24.0. The molecule has 0 spiro atoms. The second-order valence-corrected chi connectivity index (χ2v) is 8.75. The monoisotopic (exact) mass is 469 g/mol. The molecule has 0 aliphatic heterocycles. The maximum atomic E-state index is 12.6. The maximum absolute atomic E-state index is 12.6. The second kappa shape index (κ2) is 10.1. The topological polar surface area (TPSA) is 153 Å². The van der Waals surface area contributed by atoms with Crippen LogP contribution in [0.15, 0.2) is 65.7 Å². The predicted molar refractivity (Wildman–Crippen MR) is 123 cm³/mol. The molecule has 1 amide bonds. The number of nitrogens with two attached hydrogens (primary N) is 1. The van der Waals surface area contributed by atoms with Gasteiger partial charge in [-0.05, 0) is 61.9 Å². The predicted octanol–water partition coefficient (Wildman–Crippen LogP) is 2.74. The van der Waals surface area contributed by atoms with Gasteiger partial charge in [0.15, 0.2) is 6.10 Å². The molecule has 4 N–H and O–H groups in total. The Labute approximate surface area is 191 Å². The Balaban J connectivity index is 1.65. The van der Waals surface area contributed by atoms with Gasteiger partial charge in [-0.25, -0.2) is 27.9 Å². The number of sulfonamides is 1. The Bertz CT molecular complexity index is 1260. The van der Waals surface area contributed by atoms with E-state index in [1.807, 2.05) is 0 Å². The van der Waals surface area contributed by atoms with Gasteiger partial charge < -0.3 is 15.8 Å². The van der Waals surface area contributed by atoms with Crippen molar-refractivity contribution in [2.45, 2.75) is 31.3 Å². The third-order valence-corrected chi connectivity index (χ3v) is 5.83. The number of nitrogens with zero attached hydrogens (tertiary/aromatic N) is 2. The van der Waals surface area contributed by atoms with E-state index in [0.717, 1.165) is 0 Å². The molecule has 0 radical (unpaired) electrons. The van der Waals surface area contributed by atoms with Crippen molar-refractivity contribution in [3.05, 3.63) is 72.1 Å². The molecule has 1 heterocycles. The third kappa shape index (κ3) is 6.26. The fourth-order valence-corrected chi connectivity index (χ4v) is 3.75. The molecular formula is C22H23N5O5S. The molecule has 0 aliphatic carbocycles. The molecule has 172 valence electrons. The highest BCUT2D eigenvalue weighted by Gasteiger charge is 2.23. The number of carbonyl (C=O) groups excluding carboxylic acids is 2. The lowest BCUT2D eigenvalue weighted by Gasteiger charge is -2.16. The fraction of sp³-hybridized carbons (Fsp3) is 0.182. The van der Waals surface area contributed by atoms with Gasteiger partial charge in [-0.2, -0.15) is 0 Å². The quantitative estimate of drug-likeness (QED) is 0.336. The summed E-state index contributed by atoms with van der Waals surface area (Å²) >= 11 is 0. The largest absolute Gasteiger partial charge is 0.449 e. The van der Waals surface area contributed by atoms with Crippen LogP contribution in [0.2, 0.25) is 0 Å². The molecule has 3 rings (SSSR count). The molecule has 11 heteroatoms. The van der Waals surface area contributed by atoms with Gasteiger partial charge in [-0.3, -0.25) is 4.79 Å². The molecule has 1 aromatic heterocycles. The van der Waals surface area contributed by atoms with E-state index < -0.39 is 28.0 Å². The third-order valence-electron chi connectivity index (χ3n) is 4.49. The minimum Gasteiger partial charge on any atom is -0.449 e. The van der Waals surface area contributed by atoms with Gasteiger partial charge >= 0.3 is 5.97 Å². The highest BCUT2D eigenvalue weighted by Crippen LogP contribution is 2.18. The van der Waals surface area contributed by atoms with Crippen molar-refractivity contribution in [1.29, 1.82) is 0 Å². The minimum atomic E-state index is -3.91. The number of benzene rings is 2. The van der Waals surface area contributed by atoms with Crippen LogP contribution < -0.4 is 15.8 Å². The molecule has 0 fully saturated rings. The lowest BCUT2D eigenvalue weighted by molar-refractivity contribution is -0.124. The van der Waals surface area contributed by atoms with Crippen molar-refractivity contribution in [3.8, 4) is 0 Å². The van der Waals surface area contributed by atoms with E-state index in [2.05, 4.69) is 20.0 Å². The van der Waals surface area contributed by atoms with Crippen LogP contribution in [0.4, 0.5) is 17.3 Å². The van der Waals surface area contributed by atoms with E-state index in [0.29, 0.717) is 17.1 Å². The maximum Gasteiger partial charge on any atom is 0.338 e. The number of rotatable bonds is 8. The Morgan fingerprint density at radius 2 is 1.85 bits per heavy atom. The molecule has 0 saturated heterocycles. The molecule has 2 aromatic carbocycles. The van der Waals surface area contributed by atoms with Crippen molar-refractivity contribution >= 4 is 39.2 Å². The van der Waals surface area contributed by atoms with Crippen molar-refractivity contribution < 1.29 is 22.7 Å². The van der Waals surface area contributed by atoms with Gasteiger partial charge in [0.05, 0.1) is 10.5 Å². The summed E-state index contributed by atoms with van der Waals surface area (Å²) in [5.74, 6) is -1.26. The van der Waals surface area contributed by atoms with Gasteiger partial charge in [0.25, 0.3) is 15.9 Å². The molecule has 0 saturated carbocycles. The molecule has 10 nitrogen and oxygen atoms in total. The van der Waals surface area contributed by atoms with Crippen LogP contribution in [-0.2, 0) is 19.6 Å². The van der Waals surface area contributed by atoms with E-state index in [1.54, 1.807) is 32.0 Å². The Hall–Kier alpha value is -3.99. The SMILES string of the molecule is CCC(OC(=O)c1cccc(N)c1)C(=O)Nc1ccc(S(=O)(=O)Nc2nccc(C)n2)cc1. The zero-order valence-electron chi connectivity index (χ0n) is 18.0. The van der Waals surface area contributed by atoms with Crippen molar-refractivity contribution in [2.75, 3.05) is 15.8 Å².